The lowest BCUT2D eigenvalue weighted by atomic mass is 9.86. The molecule has 17 nitrogen and oxygen atoms in total. The van der Waals surface area contributed by atoms with E-state index in [9.17, 15) is 24.3 Å². The number of likely N-dealkylation sites (N-methyl/N-ethyl adjacent to an activating group) is 1. The van der Waals surface area contributed by atoms with Crippen molar-refractivity contribution >= 4 is 75.0 Å². The number of hydrogen-bond donors (Lipinski definition) is 4. The topological polar surface area (TPSA) is 187 Å². The Morgan fingerprint density at radius 1 is 1.00 bits per heavy atom. The van der Waals surface area contributed by atoms with E-state index in [0.29, 0.717) is 52.1 Å². The van der Waals surface area contributed by atoms with Crippen LogP contribution in [0.1, 0.15) is 81.3 Å². The minimum Gasteiger partial charge on any atom is -0.478 e. The van der Waals surface area contributed by atoms with Crippen molar-refractivity contribution in [3.8, 4) is 5.75 Å². The van der Waals surface area contributed by atoms with Gasteiger partial charge in [-0.25, -0.2) is 4.98 Å². The van der Waals surface area contributed by atoms with Crippen molar-refractivity contribution in [1.82, 2.24) is 35.0 Å². The number of nitrogens with zero attached hydrogens (tertiary/aromatic N) is 7. The van der Waals surface area contributed by atoms with E-state index in [1.807, 2.05) is 44.2 Å². The third-order valence-electron chi connectivity index (χ3n) is 13.6. The number of carbonyl (C=O) groups excluding carboxylic acids is 3. The van der Waals surface area contributed by atoms with E-state index in [1.165, 1.54) is 7.05 Å². The SMILES string of the molecule is CNC(=O)COc1cc2cc(Nc3nc(N4CCC(OC5CC(N6CCN(c7ccc8c(c7Cl)CN(C7CCC(=O)NC7O)C8=O)[C@H](C)C6)C5)CC4)ncc3Cl)ccc2n(C(C)C)c1=O. The smallest absolute Gasteiger partial charge is 0.293 e. The van der Waals surface area contributed by atoms with Crippen molar-refractivity contribution in [2.24, 2.45) is 0 Å². The highest BCUT2D eigenvalue weighted by molar-refractivity contribution is 6.35. The van der Waals surface area contributed by atoms with Gasteiger partial charge in [0, 0.05) is 93.1 Å². The van der Waals surface area contributed by atoms with E-state index >= 15 is 0 Å². The van der Waals surface area contributed by atoms with Crippen molar-refractivity contribution < 1.29 is 29.0 Å². The second kappa shape index (κ2) is 18.6. The summed E-state index contributed by atoms with van der Waals surface area (Å²) in [5.41, 5.74) is 3.40. The Balaban J connectivity index is 0.756. The van der Waals surface area contributed by atoms with Gasteiger partial charge in [-0.1, -0.05) is 23.2 Å². The number of hydrogen-bond acceptors (Lipinski definition) is 13. The van der Waals surface area contributed by atoms with Crippen LogP contribution in [0.4, 0.5) is 23.1 Å². The fourth-order valence-electron chi connectivity index (χ4n) is 10.00. The van der Waals surface area contributed by atoms with Gasteiger partial charge in [0.25, 0.3) is 17.4 Å². The standard InChI is InChI=1S/C46H56Cl2N10O7/c1-25(2)58-35-7-5-28(17-27(35)18-38(45(58)63)64-24-40(60)49-4)51-42-34(47)21-50-46(53-42)54-13-11-30(12-14-54)65-31-19-29(20-31)55-15-16-56(26(3)22-55)36-8-6-32-33(41(36)48)23-57(44(32)62)37-9-10-39(59)52-43(37)61/h5-8,17-18,21,25-26,29-31,37,43,61H,9-16,19-20,22-24H2,1-4H3,(H,49,60)(H,52,59)(H,50,51,53)/t26-,29?,31?,37?,43?/m1/s1. The quantitative estimate of drug-likeness (QED) is 0.152. The highest BCUT2D eigenvalue weighted by Crippen LogP contribution is 2.41. The Hall–Kier alpha value is -5.20. The zero-order chi connectivity index (χ0) is 45.7. The second-order valence-corrected chi connectivity index (χ2v) is 18.9. The molecule has 4 aliphatic heterocycles. The molecule has 4 fully saturated rings. The first-order chi connectivity index (χ1) is 31.3. The summed E-state index contributed by atoms with van der Waals surface area (Å²) in [4.78, 5) is 68.3. The molecule has 0 bridgehead atoms. The molecular weight excluding hydrogens is 875 g/mol. The molecule has 19 heteroatoms. The summed E-state index contributed by atoms with van der Waals surface area (Å²) < 4.78 is 13.9. The molecule has 2 unspecified atom stereocenters. The van der Waals surface area contributed by atoms with Crippen LogP contribution in [-0.4, -0.2) is 130 Å². The predicted octanol–water partition coefficient (Wildman–Crippen LogP) is 4.83. The number of benzene rings is 2. The van der Waals surface area contributed by atoms with Crippen LogP contribution in [0.15, 0.2) is 47.4 Å². The number of ether oxygens (including phenoxy) is 2. The molecular formula is C46H56Cl2N10O7. The van der Waals surface area contributed by atoms with Crippen LogP contribution < -0.4 is 36.0 Å². The summed E-state index contributed by atoms with van der Waals surface area (Å²) in [5, 5.41) is 20.6. The molecule has 6 heterocycles. The van der Waals surface area contributed by atoms with Crippen LogP contribution in [-0.2, 0) is 20.9 Å². The Morgan fingerprint density at radius 3 is 2.51 bits per heavy atom. The first kappa shape index (κ1) is 45.0. The second-order valence-electron chi connectivity index (χ2n) is 18.1. The zero-order valence-electron chi connectivity index (χ0n) is 37.1. The van der Waals surface area contributed by atoms with E-state index in [-0.39, 0.29) is 66.3 Å². The van der Waals surface area contributed by atoms with Crippen LogP contribution in [0.5, 0.6) is 5.75 Å². The molecule has 0 spiro atoms. The molecule has 346 valence electrons. The van der Waals surface area contributed by atoms with E-state index in [4.69, 9.17) is 37.7 Å². The van der Waals surface area contributed by atoms with Gasteiger partial charge in [-0.15, -0.1) is 0 Å². The molecule has 3 amide bonds. The van der Waals surface area contributed by atoms with Crippen LogP contribution in [0.25, 0.3) is 10.9 Å². The summed E-state index contributed by atoms with van der Waals surface area (Å²) in [5.74, 6) is 0.429. The largest absolute Gasteiger partial charge is 0.478 e. The molecule has 1 aliphatic carbocycles. The molecule has 2 aromatic heterocycles. The molecule has 0 radical (unpaired) electrons. The maximum absolute atomic E-state index is 13.4. The zero-order valence-corrected chi connectivity index (χ0v) is 38.6. The third kappa shape index (κ3) is 9.05. The average Bonchev–Trinajstić information content (AvgIpc) is 3.61. The van der Waals surface area contributed by atoms with Crippen molar-refractivity contribution in [1.29, 1.82) is 0 Å². The van der Waals surface area contributed by atoms with Gasteiger partial charge in [-0.05, 0) is 89.3 Å². The van der Waals surface area contributed by atoms with Gasteiger partial charge in [-0.2, -0.15) is 4.98 Å². The highest BCUT2D eigenvalue weighted by atomic mass is 35.5. The Kier molecular flexibility index (Phi) is 12.9. The molecule has 3 saturated heterocycles. The maximum Gasteiger partial charge on any atom is 0.293 e. The fourth-order valence-corrected chi connectivity index (χ4v) is 10.5. The van der Waals surface area contributed by atoms with Gasteiger partial charge in [0.2, 0.25) is 11.9 Å². The van der Waals surface area contributed by atoms with Crippen LogP contribution in [0.3, 0.4) is 0 Å². The van der Waals surface area contributed by atoms with Gasteiger partial charge >= 0.3 is 0 Å². The number of pyridine rings is 1. The van der Waals surface area contributed by atoms with E-state index in [1.54, 1.807) is 21.7 Å². The van der Waals surface area contributed by atoms with Gasteiger partial charge in [0.15, 0.2) is 18.2 Å². The lowest BCUT2D eigenvalue weighted by molar-refractivity contribution is -0.129. The number of carbonyl (C=O) groups is 3. The summed E-state index contributed by atoms with van der Waals surface area (Å²) in [6.45, 7) is 10.2. The van der Waals surface area contributed by atoms with Crippen molar-refractivity contribution in [3.63, 3.8) is 0 Å². The first-order valence-electron chi connectivity index (χ1n) is 22.6. The fraction of sp³-hybridized carbons (Fsp3) is 0.522. The molecule has 1 saturated carbocycles. The number of anilines is 4. The molecule has 4 aromatic rings. The van der Waals surface area contributed by atoms with Crippen molar-refractivity contribution in [3.05, 3.63) is 74.1 Å². The number of rotatable bonds is 12. The summed E-state index contributed by atoms with van der Waals surface area (Å²) in [7, 11) is 1.51. The molecule has 9 rings (SSSR count). The Labute approximate surface area is 387 Å². The van der Waals surface area contributed by atoms with E-state index in [2.05, 4.69) is 42.6 Å². The number of fused-ring (bicyclic) bond motifs is 2. The summed E-state index contributed by atoms with van der Waals surface area (Å²) in [6.07, 6.45) is 5.31. The van der Waals surface area contributed by atoms with Gasteiger partial charge < -0.3 is 49.8 Å². The minimum absolute atomic E-state index is 0.0916. The monoisotopic (exact) mass is 930 g/mol. The summed E-state index contributed by atoms with van der Waals surface area (Å²) >= 11 is 13.7. The van der Waals surface area contributed by atoms with Crippen LogP contribution in [0, 0.1) is 0 Å². The Bertz CT molecular complexity index is 2550. The molecule has 3 atom stereocenters. The lowest BCUT2D eigenvalue weighted by Gasteiger charge is -2.50. The van der Waals surface area contributed by atoms with Crippen LogP contribution >= 0.6 is 23.2 Å². The average molecular weight is 932 g/mol. The summed E-state index contributed by atoms with van der Waals surface area (Å²) in [6, 6.07) is 11.2. The predicted molar refractivity (Wildman–Crippen MR) is 248 cm³/mol. The van der Waals surface area contributed by atoms with Gasteiger partial charge in [0.05, 0.1) is 40.7 Å². The van der Waals surface area contributed by atoms with Crippen molar-refractivity contribution in [2.75, 3.05) is 61.5 Å². The minimum atomic E-state index is -1.10. The number of piperidine rings is 2. The highest BCUT2D eigenvalue weighted by Gasteiger charge is 2.42. The third-order valence-corrected chi connectivity index (χ3v) is 14.3. The number of halogens is 2. The molecule has 5 aliphatic rings. The van der Waals surface area contributed by atoms with Crippen LogP contribution in [0.2, 0.25) is 10.0 Å². The first-order valence-corrected chi connectivity index (χ1v) is 23.3. The number of aromatic nitrogens is 3. The maximum atomic E-state index is 13.4. The number of piperazine rings is 1. The molecule has 4 N–H and O–H groups in total. The number of nitrogens with one attached hydrogen (secondary N) is 3. The number of amides is 3. The number of aliphatic hydroxyl groups is 1. The number of aliphatic hydroxyl groups excluding tert-OH is 1. The lowest BCUT2D eigenvalue weighted by Crippen LogP contribution is -2.59. The van der Waals surface area contributed by atoms with Gasteiger partial charge in [0.1, 0.15) is 11.3 Å². The van der Waals surface area contributed by atoms with E-state index < -0.39 is 12.3 Å². The molecule has 65 heavy (non-hydrogen) atoms. The Morgan fingerprint density at radius 2 is 1.78 bits per heavy atom. The van der Waals surface area contributed by atoms with E-state index in [0.717, 1.165) is 80.6 Å². The molecule has 2 aromatic carbocycles. The van der Waals surface area contributed by atoms with Crippen molar-refractivity contribution in [2.45, 2.75) is 108 Å². The normalized spacial score (nSPS) is 24.0. The van der Waals surface area contributed by atoms with Gasteiger partial charge in [-0.3, -0.25) is 24.1 Å².